The highest BCUT2D eigenvalue weighted by molar-refractivity contribution is 5.70. The molecule has 0 bridgehead atoms. The van der Waals surface area contributed by atoms with E-state index in [1.807, 2.05) is 6.20 Å². The summed E-state index contributed by atoms with van der Waals surface area (Å²) in [7, 11) is 0. The fraction of sp³-hybridized carbons (Fsp3) is 0.286. The Morgan fingerprint density at radius 1 is 1.17 bits per heavy atom. The molecule has 1 aliphatic carbocycles. The fourth-order valence-electron chi connectivity index (χ4n) is 2.33. The van der Waals surface area contributed by atoms with Crippen LogP contribution >= 0.6 is 0 Å². The molecule has 3 rings (SSSR count). The maximum atomic E-state index is 5.47. The number of nitrogens with two attached hydrogens (primary N) is 1. The summed E-state index contributed by atoms with van der Waals surface area (Å²) in [6.45, 7) is 1.28. The van der Waals surface area contributed by atoms with E-state index in [2.05, 4.69) is 39.6 Å². The number of fused-ring (bicyclic) bond motifs is 3. The van der Waals surface area contributed by atoms with E-state index in [1.54, 1.807) is 0 Å². The van der Waals surface area contributed by atoms with Crippen molar-refractivity contribution < 1.29 is 0 Å². The van der Waals surface area contributed by atoms with Gasteiger partial charge in [0.2, 0.25) is 5.95 Å². The lowest BCUT2D eigenvalue weighted by Gasteiger charge is -2.18. The maximum absolute atomic E-state index is 5.47. The minimum atomic E-state index is 0.580. The average Bonchev–Trinajstić information content (AvgIpc) is 2.45. The Kier molecular flexibility index (Phi) is 2.94. The van der Waals surface area contributed by atoms with E-state index in [1.165, 1.54) is 16.7 Å². The second-order valence-corrected chi connectivity index (χ2v) is 4.44. The predicted octanol–water partition coefficient (Wildman–Crippen LogP) is 1.61. The van der Waals surface area contributed by atoms with Crippen LogP contribution in [0.3, 0.4) is 0 Å². The number of hydrogen-bond acceptors (Lipinski definition) is 4. The number of nitrogens with zero attached hydrogens (tertiary/aromatic N) is 2. The third-order valence-electron chi connectivity index (χ3n) is 3.23. The molecule has 1 aromatic carbocycles. The van der Waals surface area contributed by atoms with E-state index in [0.29, 0.717) is 19.0 Å². The van der Waals surface area contributed by atoms with Gasteiger partial charge in [-0.25, -0.2) is 9.97 Å². The molecule has 0 fully saturated rings. The first-order valence-electron chi connectivity index (χ1n) is 6.26. The Labute approximate surface area is 106 Å². The summed E-state index contributed by atoms with van der Waals surface area (Å²) in [4.78, 5) is 8.94. The van der Waals surface area contributed by atoms with Crippen molar-refractivity contribution in [2.45, 2.75) is 12.8 Å². The summed E-state index contributed by atoms with van der Waals surface area (Å²) in [5, 5.41) is 3.13. The van der Waals surface area contributed by atoms with Crippen molar-refractivity contribution in [3.63, 3.8) is 0 Å². The molecular formula is C14H16N4. The number of rotatable bonds is 3. The van der Waals surface area contributed by atoms with E-state index < -0.39 is 0 Å². The van der Waals surface area contributed by atoms with E-state index >= 15 is 0 Å². The van der Waals surface area contributed by atoms with Gasteiger partial charge in [0.15, 0.2) is 0 Å². The van der Waals surface area contributed by atoms with Crippen LogP contribution in [-0.2, 0) is 12.8 Å². The molecular weight excluding hydrogens is 224 g/mol. The average molecular weight is 240 g/mol. The Bertz CT molecular complexity index is 565. The van der Waals surface area contributed by atoms with Gasteiger partial charge in [0.25, 0.3) is 0 Å². The third-order valence-corrected chi connectivity index (χ3v) is 3.23. The number of hydrogen-bond donors (Lipinski definition) is 2. The number of aryl methyl sites for hydroxylation is 2. The van der Waals surface area contributed by atoms with Crippen molar-refractivity contribution in [3.05, 3.63) is 41.6 Å². The smallest absolute Gasteiger partial charge is 0.223 e. The Balaban J connectivity index is 2.02. The van der Waals surface area contributed by atoms with Gasteiger partial charge < -0.3 is 11.1 Å². The molecule has 0 unspecified atom stereocenters. The van der Waals surface area contributed by atoms with Crippen molar-refractivity contribution >= 4 is 5.95 Å². The fourth-order valence-corrected chi connectivity index (χ4v) is 2.33. The van der Waals surface area contributed by atoms with Crippen LogP contribution in [0.4, 0.5) is 5.95 Å². The van der Waals surface area contributed by atoms with Gasteiger partial charge in [-0.05, 0) is 24.0 Å². The van der Waals surface area contributed by atoms with Crippen molar-refractivity contribution in [1.82, 2.24) is 9.97 Å². The minimum absolute atomic E-state index is 0.580. The summed E-state index contributed by atoms with van der Waals surface area (Å²) >= 11 is 0. The lowest BCUT2D eigenvalue weighted by atomic mass is 9.90. The Hall–Kier alpha value is -1.94. The first kappa shape index (κ1) is 11.2. The SMILES string of the molecule is NCCNc1ncc2c(n1)-c1ccccc1CC2. The number of aromatic nitrogens is 2. The lowest BCUT2D eigenvalue weighted by Crippen LogP contribution is -2.16. The molecule has 1 aliphatic rings. The summed E-state index contributed by atoms with van der Waals surface area (Å²) < 4.78 is 0. The monoisotopic (exact) mass is 240 g/mol. The minimum Gasteiger partial charge on any atom is -0.353 e. The molecule has 0 amide bonds. The summed E-state index contributed by atoms with van der Waals surface area (Å²) in [6.07, 6.45) is 4.02. The van der Waals surface area contributed by atoms with Gasteiger partial charge in [-0.3, -0.25) is 0 Å². The normalized spacial score (nSPS) is 12.7. The summed E-state index contributed by atoms with van der Waals surface area (Å²) in [5.74, 6) is 0.663. The van der Waals surface area contributed by atoms with Crippen LogP contribution in [0.15, 0.2) is 30.5 Å². The molecule has 0 spiro atoms. The van der Waals surface area contributed by atoms with Gasteiger partial charge in [0, 0.05) is 24.8 Å². The van der Waals surface area contributed by atoms with Gasteiger partial charge in [-0.1, -0.05) is 24.3 Å². The van der Waals surface area contributed by atoms with Crippen LogP contribution in [0.5, 0.6) is 0 Å². The zero-order valence-electron chi connectivity index (χ0n) is 10.2. The van der Waals surface area contributed by atoms with Gasteiger partial charge >= 0.3 is 0 Å². The van der Waals surface area contributed by atoms with Crippen molar-refractivity contribution in [3.8, 4) is 11.3 Å². The topological polar surface area (TPSA) is 63.8 Å². The van der Waals surface area contributed by atoms with E-state index in [4.69, 9.17) is 5.73 Å². The van der Waals surface area contributed by atoms with Crippen LogP contribution in [0.2, 0.25) is 0 Å². The largest absolute Gasteiger partial charge is 0.353 e. The maximum Gasteiger partial charge on any atom is 0.223 e. The second kappa shape index (κ2) is 4.74. The van der Waals surface area contributed by atoms with Gasteiger partial charge in [-0.2, -0.15) is 0 Å². The zero-order chi connectivity index (χ0) is 12.4. The van der Waals surface area contributed by atoms with Crippen molar-refractivity contribution in [2.24, 2.45) is 5.73 Å². The second-order valence-electron chi connectivity index (χ2n) is 4.44. The standard InChI is InChI=1S/C14H16N4/c15-7-8-16-14-17-9-11-6-5-10-3-1-2-4-12(10)13(11)18-14/h1-4,9H,5-8,15H2,(H,16,17,18). The molecule has 0 saturated carbocycles. The molecule has 1 aromatic heterocycles. The quantitative estimate of drug-likeness (QED) is 0.855. The van der Waals surface area contributed by atoms with Crippen LogP contribution in [0, 0.1) is 0 Å². The van der Waals surface area contributed by atoms with Crippen molar-refractivity contribution in [1.29, 1.82) is 0 Å². The number of nitrogens with one attached hydrogen (secondary N) is 1. The van der Waals surface area contributed by atoms with Crippen LogP contribution in [0.25, 0.3) is 11.3 Å². The molecule has 18 heavy (non-hydrogen) atoms. The third kappa shape index (κ3) is 1.95. The molecule has 1 heterocycles. The molecule has 2 aromatic rings. The molecule has 92 valence electrons. The van der Waals surface area contributed by atoms with Crippen LogP contribution in [0.1, 0.15) is 11.1 Å². The zero-order valence-corrected chi connectivity index (χ0v) is 10.2. The van der Waals surface area contributed by atoms with Crippen LogP contribution < -0.4 is 11.1 Å². The first-order chi connectivity index (χ1) is 8.88. The molecule has 4 nitrogen and oxygen atoms in total. The summed E-state index contributed by atoms with van der Waals surface area (Å²) in [6, 6.07) is 8.45. The number of anilines is 1. The molecule has 4 heteroatoms. The lowest BCUT2D eigenvalue weighted by molar-refractivity contribution is 0.904. The predicted molar refractivity (Wildman–Crippen MR) is 72.4 cm³/mol. The Morgan fingerprint density at radius 2 is 2.00 bits per heavy atom. The molecule has 0 saturated heterocycles. The first-order valence-corrected chi connectivity index (χ1v) is 6.26. The molecule has 0 radical (unpaired) electrons. The highest BCUT2D eigenvalue weighted by Crippen LogP contribution is 2.31. The molecule has 0 atom stereocenters. The molecule has 3 N–H and O–H groups in total. The van der Waals surface area contributed by atoms with Gasteiger partial charge in [0.05, 0.1) is 5.69 Å². The highest BCUT2D eigenvalue weighted by Gasteiger charge is 2.17. The van der Waals surface area contributed by atoms with Gasteiger partial charge in [0.1, 0.15) is 0 Å². The Morgan fingerprint density at radius 3 is 2.89 bits per heavy atom. The van der Waals surface area contributed by atoms with Crippen molar-refractivity contribution in [2.75, 3.05) is 18.4 Å². The van der Waals surface area contributed by atoms with Crippen LogP contribution in [-0.4, -0.2) is 23.1 Å². The van der Waals surface area contributed by atoms with E-state index in [9.17, 15) is 0 Å². The summed E-state index contributed by atoms with van der Waals surface area (Å²) in [5.41, 5.74) is 10.4. The highest BCUT2D eigenvalue weighted by atomic mass is 15.1. The number of benzene rings is 1. The van der Waals surface area contributed by atoms with E-state index in [0.717, 1.165) is 18.5 Å². The van der Waals surface area contributed by atoms with E-state index in [-0.39, 0.29) is 0 Å². The van der Waals surface area contributed by atoms with Gasteiger partial charge in [-0.15, -0.1) is 0 Å². The molecule has 0 aliphatic heterocycles.